The molecule has 2 aliphatic heterocycles. The molecular weight excluding hydrogens is 596 g/mol. The predicted molar refractivity (Wildman–Crippen MR) is 181 cm³/mol. The van der Waals surface area contributed by atoms with Crippen LogP contribution >= 0.6 is 0 Å². The lowest BCUT2D eigenvalue weighted by molar-refractivity contribution is 0.0383. The fraction of sp³-hybridized carbons (Fsp3) is 0.389. The van der Waals surface area contributed by atoms with Crippen LogP contribution in [0.2, 0.25) is 0 Å². The molecule has 0 bridgehead atoms. The molecule has 2 fully saturated rings. The van der Waals surface area contributed by atoms with E-state index in [0.717, 1.165) is 48.2 Å². The molecule has 3 heterocycles. The van der Waals surface area contributed by atoms with Gasteiger partial charge in [-0.2, -0.15) is 5.10 Å². The van der Waals surface area contributed by atoms with Gasteiger partial charge in [0.2, 0.25) is 0 Å². The van der Waals surface area contributed by atoms with Crippen molar-refractivity contribution in [2.45, 2.75) is 64.1 Å². The van der Waals surface area contributed by atoms with Crippen LogP contribution in [-0.2, 0) is 0 Å². The lowest BCUT2D eigenvalue weighted by Gasteiger charge is -2.43. The number of fused-ring (bicyclic) bond motifs is 1. The maximum Gasteiger partial charge on any atom is 0.407 e. The zero-order chi connectivity index (χ0) is 33.3. The summed E-state index contributed by atoms with van der Waals surface area (Å²) in [7, 11) is 0. The average molecular weight is 639 g/mol. The Morgan fingerprint density at radius 1 is 0.830 bits per heavy atom. The molecule has 0 radical (unpaired) electrons. The van der Waals surface area contributed by atoms with Gasteiger partial charge in [0.25, 0.3) is 11.8 Å². The van der Waals surface area contributed by atoms with E-state index >= 15 is 0 Å². The fourth-order valence-corrected chi connectivity index (χ4v) is 6.71. The molecule has 6 rings (SSSR count). The predicted octanol–water partition coefficient (Wildman–Crippen LogP) is 5.62. The first-order valence-electron chi connectivity index (χ1n) is 16.2. The van der Waals surface area contributed by atoms with Gasteiger partial charge >= 0.3 is 6.09 Å². The van der Waals surface area contributed by atoms with Crippen LogP contribution in [0, 0.1) is 0 Å². The molecular formula is C36H42N6O5. The van der Waals surface area contributed by atoms with Crippen LogP contribution in [0.5, 0.6) is 0 Å². The van der Waals surface area contributed by atoms with Crippen molar-refractivity contribution in [2.75, 3.05) is 36.4 Å². The van der Waals surface area contributed by atoms with Crippen LogP contribution < -0.4 is 10.2 Å². The van der Waals surface area contributed by atoms with Crippen molar-refractivity contribution >= 4 is 40.2 Å². The number of anilines is 2. The van der Waals surface area contributed by atoms with Crippen LogP contribution in [0.25, 0.3) is 16.6 Å². The summed E-state index contributed by atoms with van der Waals surface area (Å²) < 4.78 is 1.80. The topological polar surface area (TPSA) is 131 Å². The van der Waals surface area contributed by atoms with Gasteiger partial charge < -0.3 is 30.2 Å². The Bertz CT molecular complexity index is 1750. The SMILES string of the molecule is CC(C)(C)N(C(=O)O)C1CCN(C(=O)c2ccc(-n3ncc4cc(NC(=O)c5ccc(N6CCC(O)CC6)cc5)ccc43)cc2)CC1. The van der Waals surface area contributed by atoms with E-state index in [1.807, 2.05) is 75.4 Å². The van der Waals surface area contributed by atoms with Crippen molar-refractivity contribution < 1.29 is 24.6 Å². The van der Waals surface area contributed by atoms with Gasteiger partial charge in [-0.15, -0.1) is 0 Å². The number of carbonyl (C=O) groups excluding carboxylic acids is 2. The Morgan fingerprint density at radius 3 is 2.06 bits per heavy atom. The number of aliphatic hydroxyl groups excluding tert-OH is 1. The van der Waals surface area contributed by atoms with Crippen molar-refractivity contribution in [3.8, 4) is 5.69 Å². The van der Waals surface area contributed by atoms with E-state index in [1.54, 1.807) is 27.9 Å². The fourth-order valence-electron chi connectivity index (χ4n) is 6.71. The number of likely N-dealkylation sites (tertiary alicyclic amines) is 1. The van der Waals surface area contributed by atoms with Crippen LogP contribution in [-0.4, -0.2) is 91.6 Å². The Balaban J connectivity index is 1.07. The zero-order valence-corrected chi connectivity index (χ0v) is 27.1. The summed E-state index contributed by atoms with van der Waals surface area (Å²) >= 11 is 0. The number of aromatic nitrogens is 2. The van der Waals surface area contributed by atoms with Gasteiger partial charge in [-0.25, -0.2) is 9.48 Å². The van der Waals surface area contributed by atoms with Gasteiger partial charge in [0, 0.05) is 65.6 Å². The molecule has 3 aromatic carbocycles. The summed E-state index contributed by atoms with van der Waals surface area (Å²) in [4.78, 5) is 43.7. The van der Waals surface area contributed by atoms with Gasteiger partial charge in [0.05, 0.1) is 23.5 Å². The second kappa shape index (κ2) is 13.1. The highest BCUT2D eigenvalue weighted by Crippen LogP contribution is 2.27. The number of carbonyl (C=O) groups is 3. The largest absolute Gasteiger partial charge is 0.465 e. The highest BCUT2D eigenvalue weighted by Gasteiger charge is 2.36. The summed E-state index contributed by atoms with van der Waals surface area (Å²) in [6, 6.07) is 20.4. The number of amides is 3. The molecule has 2 aliphatic rings. The van der Waals surface area contributed by atoms with Crippen LogP contribution in [0.1, 0.15) is 67.2 Å². The highest BCUT2D eigenvalue weighted by molar-refractivity contribution is 6.05. The number of nitrogens with zero attached hydrogens (tertiary/aromatic N) is 5. The molecule has 3 N–H and O–H groups in total. The third-order valence-electron chi connectivity index (χ3n) is 9.19. The molecule has 1 aromatic heterocycles. The minimum Gasteiger partial charge on any atom is -0.465 e. The summed E-state index contributed by atoms with van der Waals surface area (Å²) in [5, 5.41) is 27.9. The smallest absolute Gasteiger partial charge is 0.407 e. The number of aliphatic hydroxyl groups is 1. The molecule has 0 aliphatic carbocycles. The number of benzene rings is 3. The molecule has 0 unspecified atom stereocenters. The van der Waals surface area contributed by atoms with Gasteiger partial charge in [-0.1, -0.05) is 0 Å². The maximum absolute atomic E-state index is 13.3. The summed E-state index contributed by atoms with van der Waals surface area (Å²) in [5.41, 5.74) is 4.01. The van der Waals surface area contributed by atoms with E-state index in [-0.39, 0.29) is 24.0 Å². The number of carboxylic acid groups (broad SMARTS) is 1. The zero-order valence-electron chi connectivity index (χ0n) is 27.1. The van der Waals surface area contributed by atoms with E-state index in [4.69, 9.17) is 0 Å². The molecule has 0 saturated carbocycles. The lowest BCUT2D eigenvalue weighted by Crippen LogP contribution is -2.55. The molecule has 2 saturated heterocycles. The Hall–Kier alpha value is -4.90. The molecule has 246 valence electrons. The summed E-state index contributed by atoms with van der Waals surface area (Å²) in [5.74, 6) is -0.269. The first-order valence-corrected chi connectivity index (χ1v) is 16.2. The van der Waals surface area contributed by atoms with Crippen molar-refractivity contribution in [1.82, 2.24) is 19.6 Å². The molecule has 0 atom stereocenters. The van der Waals surface area contributed by atoms with Gasteiger partial charge in [0.15, 0.2) is 0 Å². The van der Waals surface area contributed by atoms with Gasteiger partial charge in [0.1, 0.15) is 0 Å². The first-order chi connectivity index (χ1) is 22.5. The van der Waals surface area contributed by atoms with E-state index in [1.165, 1.54) is 4.90 Å². The molecule has 4 aromatic rings. The van der Waals surface area contributed by atoms with Gasteiger partial charge in [-0.05, 0) is 113 Å². The first kappa shape index (κ1) is 32.1. The van der Waals surface area contributed by atoms with Crippen LogP contribution in [0.3, 0.4) is 0 Å². The minimum atomic E-state index is -0.928. The Morgan fingerprint density at radius 2 is 1.45 bits per heavy atom. The average Bonchev–Trinajstić information content (AvgIpc) is 3.48. The lowest BCUT2D eigenvalue weighted by atomic mass is 9.96. The monoisotopic (exact) mass is 638 g/mol. The molecule has 11 nitrogen and oxygen atoms in total. The van der Waals surface area contributed by atoms with E-state index < -0.39 is 11.6 Å². The van der Waals surface area contributed by atoms with Crippen LogP contribution in [0.15, 0.2) is 72.9 Å². The molecule has 47 heavy (non-hydrogen) atoms. The molecule has 3 amide bonds. The molecule has 0 spiro atoms. The van der Waals surface area contributed by atoms with E-state index in [2.05, 4.69) is 15.3 Å². The number of piperidine rings is 2. The number of hydrogen-bond donors (Lipinski definition) is 3. The van der Waals surface area contributed by atoms with Crippen molar-refractivity contribution in [1.29, 1.82) is 0 Å². The highest BCUT2D eigenvalue weighted by atomic mass is 16.4. The quantitative estimate of drug-likeness (QED) is 0.250. The van der Waals surface area contributed by atoms with Crippen molar-refractivity contribution in [3.05, 3.63) is 84.1 Å². The standard InChI is InChI=1S/C36H42N6O5/c1-36(2,3)41(35(46)47)29-14-18-40(19-15-29)34(45)25-6-11-30(12-7-25)42-32-13-8-27(22-26(32)23-37-42)38-33(44)24-4-9-28(10-5-24)39-20-16-31(43)17-21-39/h4-13,22-23,29,31,43H,14-21H2,1-3H3,(H,38,44)(H,46,47). The minimum absolute atomic E-state index is 0.0701. The van der Waals surface area contributed by atoms with Crippen LogP contribution in [0.4, 0.5) is 16.2 Å². The maximum atomic E-state index is 13.3. The normalized spacial score (nSPS) is 16.3. The van der Waals surface area contributed by atoms with E-state index in [9.17, 15) is 24.6 Å². The van der Waals surface area contributed by atoms with Crippen molar-refractivity contribution in [2.24, 2.45) is 0 Å². The molecule has 11 heteroatoms. The Kier molecular flexibility index (Phi) is 8.92. The van der Waals surface area contributed by atoms with Crippen molar-refractivity contribution in [3.63, 3.8) is 0 Å². The summed E-state index contributed by atoms with van der Waals surface area (Å²) in [6.45, 7) is 8.29. The van der Waals surface area contributed by atoms with E-state index in [0.29, 0.717) is 42.7 Å². The summed E-state index contributed by atoms with van der Waals surface area (Å²) in [6.07, 6.45) is 3.30. The van der Waals surface area contributed by atoms with Gasteiger partial charge in [-0.3, -0.25) is 9.59 Å². The number of nitrogens with one attached hydrogen (secondary N) is 1. The number of rotatable bonds is 6. The third kappa shape index (κ3) is 6.95. The number of hydrogen-bond acceptors (Lipinski definition) is 6. The Labute approximate surface area is 274 Å². The second-order valence-corrected chi connectivity index (χ2v) is 13.4. The third-order valence-corrected chi connectivity index (χ3v) is 9.19. The second-order valence-electron chi connectivity index (χ2n) is 13.4.